The van der Waals surface area contributed by atoms with Crippen LogP contribution in [0.25, 0.3) is 5.57 Å². The van der Waals surface area contributed by atoms with Crippen molar-refractivity contribution in [2.24, 2.45) is 0 Å². The van der Waals surface area contributed by atoms with E-state index in [4.69, 9.17) is 11.6 Å². The molecule has 1 saturated heterocycles. The monoisotopic (exact) mass is 423 g/mol. The van der Waals surface area contributed by atoms with Crippen LogP contribution in [0, 0.1) is 0 Å². The van der Waals surface area contributed by atoms with Gasteiger partial charge in [-0.25, -0.2) is 0 Å². The number of rotatable bonds is 5. The minimum Gasteiger partial charge on any atom is -0.364 e. The van der Waals surface area contributed by atoms with E-state index in [1.165, 1.54) is 10.5 Å². The largest absolute Gasteiger partial charge is 0.364 e. The first-order valence-corrected chi connectivity index (χ1v) is 10.7. The van der Waals surface area contributed by atoms with Gasteiger partial charge in [-0.05, 0) is 37.1 Å². The van der Waals surface area contributed by atoms with Gasteiger partial charge in [0.1, 0.15) is 5.70 Å². The van der Waals surface area contributed by atoms with E-state index in [0.717, 1.165) is 25.2 Å². The van der Waals surface area contributed by atoms with Crippen molar-refractivity contribution < 1.29 is 9.59 Å². The molecule has 6 heteroatoms. The second-order valence-corrected chi connectivity index (χ2v) is 8.49. The van der Waals surface area contributed by atoms with Gasteiger partial charge >= 0.3 is 0 Å². The Hall–Kier alpha value is -2.63. The van der Waals surface area contributed by atoms with Crippen molar-refractivity contribution in [1.82, 2.24) is 14.7 Å². The van der Waals surface area contributed by atoms with Gasteiger partial charge in [-0.1, -0.05) is 54.1 Å². The quantitative estimate of drug-likeness (QED) is 0.688. The van der Waals surface area contributed by atoms with Crippen LogP contribution in [0.2, 0.25) is 5.02 Å². The van der Waals surface area contributed by atoms with Gasteiger partial charge in [0.05, 0.1) is 5.57 Å². The molecular formula is C24H26ClN3O2. The normalized spacial score (nSPS) is 18.1. The number of nitrogens with zero attached hydrogens (tertiary/aromatic N) is 3. The Kier molecular flexibility index (Phi) is 5.93. The number of carbonyl (C=O) groups excluding carboxylic acids is 2. The molecule has 0 saturated carbocycles. The zero-order chi connectivity index (χ0) is 21.3. The second kappa shape index (κ2) is 8.62. The fourth-order valence-corrected chi connectivity index (χ4v) is 4.27. The van der Waals surface area contributed by atoms with Gasteiger partial charge in [0.15, 0.2) is 0 Å². The maximum atomic E-state index is 13.2. The third-order valence-corrected chi connectivity index (χ3v) is 5.93. The summed E-state index contributed by atoms with van der Waals surface area (Å²) >= 11 is 6.04. The van der Waals surface area contributed by atoms with Crippen molar-refractivity contribution in [3.63, 3.8) is 0 Å². The molecule has 0 aromatic heterocycles. The third kappa shape index (κ3) is 4.00. The SMILES string of the molecule is CC(C)N1C(=O)C(c2ccc(Cl)cc2)=C(N2CCN(Cc3ccccc3)CC2)C1=O. The zero-order valence-corrected chi connectivity index (χ0v) is 18.1. The van der Waals surface area contributed by atoms with Crippen LogP contribution in [0.15, 0.2) is 60.3 Å². The Bertz CT molecular complexity index is 962. The highest BCUT2D eigenvalue weighted by molar-refractivity contribution is 6.36. The number of hydrogen-bond acceptors (Lipinski definition) is 4. The highest BCUT2D eigenvalue weighted by atomic mass is 35.5. The van der Waals surface area contributed by atoms with Gasteiger partial charge < -0.3 is 4.90 Å². The van der Waals surface area contributed by atoms with E-state index in [0.29, 0.717) is 29.4 Å². The molecule has 30 heavy (non-hydrogen) atoms. The molecule has 2 aliphatic heterocycles. The summed E-state index contributed by atoms with van der Waals surface area (Å²) in [5.74, 6) is -0.421. The molecule has 4 rings (SSSR count). The summed E-state index contributed by atoms with van der Waals surface area (Å²) in [5.41, 5.74) is 3.03. The van der Waals surface area contributed by atoms with Crippen molar-refractivity contribution >= 4 is 29.0 Å². The molecule has 2 aromatic rings. The van der Waals surface area contributed by atoms with Crippen molar-refractivity contribution in [3.8, 4) is 0 Å². The number of piperazine rings is 1. The Morgan fingerprint density at radius 2 is 1.50 bits per heavy atom. The first-order valence-electron chi connectivity index (χ1n) is 10.3. The summed E-state index contributed by atoms with van der Waals surface area (Å²) in [5, 5.41) is 0.605. The number of hydrogen-bond donors (Lipinski definition) is 0. The molecule has 0 aliphatic carbocycles. The van der Waals surface area contributed by atoms with Gasteiger partial charge in [-0.2, -0.15) is 0 Å². The Morgan fingerprint density at radius 1 is 0.867 bits per heavy atom. The lowest BCUT2D eigenvalue weighted by Crippen LogP contribution is -2.47. The lowest BCUT2D eigenvalue weighted by Gasteiger charge is -2.36. The molecule has 0 spiro atoms. The minimum atomic E-state index is -0.223. The van der Waals surface area contributed by atoms with Crippen LogP contribution >= 0.6 is 11.6 Å². The molecule has 1 fully saturated rings. The van der Waals surface area contributed by atoms with E-state index in [2.05, 4.69) is 34.1 Å². The summed E-state index contributed by atoms with van der Waals surface area (Å²) in [6, 6.07) is 17.4. The molecule has 2 amide bonds. The molecule has 0 atom stereocenters. The standard InChI is InChI=1S/C24H26ClN3O2/c1-17(2)28-23(29)21(19-8-10-20(25)11-9-19)22(24(28)30)27-14-12-26(13-15-27)16-18-6-4-3-5-7-18/h3-11,17H,12-16H2,1-2H3. The Morgan fingerprint density at radius 3 is 2.10 bits per heavy atom. The van der Waals surface area contributed by atoms with E-state index in [1.54, 1.807) is 12.1 Å². The first-order chi connectivity index (χ1) is 14.5. The van der Waals surface area contributed by atoms with Crippen LogP contribution in [0.1, 0.15) is 25.0 Å². The fraction of sp³-hybridized carbons (Fsp3) is 0.333. The molecule has 0 N–H and O–H groups in total. The molecule has 0 unspecified atom stereocenters. The summed E-state index contributed by atoms with van der Waals surface area (Å²) in [6.45, 7) is 7.74. The Balaban J connectivity index is 1.58. The number of carbonyl (C=O) groups is 2. The molecule has 156 valence electrons. The summed E-state index contributed by atoms with van der Waals surface area (Å²) < 4.78 is 0. The summed E-state index contributed by atoms with van der Waals surface area (Å²) in [6.07, 6.45) is 0. The average molecular weight is 424 g/mol. The van der Waals surface area contributed by atoms with Crippen LogP contribution in [0.3, 0.4) is 0 Å². The summed E-state index contributed by atoms with van der Waals surface area (Å²) in [7, 11) is 0. The van der Waals surface area contributed by atoms with Gasteiger partial charge in [0.2, 0.25) is 0 Å². The molecule has 5 nitrogen and oxygen atoms in total. The van der Waals surface area contributed by atoms with E-state index in [1.807, 2.05) is 32.0 Å². The summed E-state index contributed by atoms with van der Waals surface area (Å²) in [4.78, 5) is 32.3. The van der Waals surface area contributed by atoms with Crippen LogP contribution < -0.4 is 0 Å². The van der Waals surface area contributed by atoms with Gasteiger partial charge in [0.25, 0.3) is 11.8 Å². The van der Waals surface area contributed by atoms with Crippen LogP contribution in [0.5, 0.6) is 0 Å². The van der Waals surface area contributed by atoms with Crippen molar-refractivity contribution in [3.05, 3.63) is 76.4 Å². The molecule has 0 bridgehead atoms. The maximum absolute atomic E-state index is 13.2. The molecule has 0 radical (unpaired) electrons. The Labute approximate surface area is 182 Å². The second-order valence-electron chi connectivity index (χ2n) is 8.05. The van der Waals surface area contributed by atoms with Crippen LogP contribution in [-0.2, 0) is 16.1 Å². The van der Waals surface area contributed by atoms with E-state index < -0.39 is 0 Å². The van der Waals surface area contributed by atoms with Gasteiger partial charge in [-0.3, -0.25) is 19.4 Å². The molecule has 2 aliphatic rings. The predicted molar refractivity (Wildman–Crippen MR) is 119 cm³/mol. The first kappa shape index (κ1) is 20.6. The topological polar surface area (TPSA) is 43.9 Å². The highest BCUT2D eigenvalue weighted by Gasteiger charge is 2.43. The van der Waals surface area contributed by atoms with Crippen molar-refractivity contribution in [2.75, 3.05) is 26.2 Å². The highest BCUT2D eigenvalue weighted by Crippen LogP contribution is 2.33. The fourth-order valence-electron chi connectivity index (χ4n) is 4.15. The number of halogens is 1. The predicted octanol–water partition coefficient (Wildman–Crippen LogP) is 3.65. The van der Waals surface area contributed by atoms with E-state index >= 15 is 0 Å². The van der Waals surface area contributed by atoms with Crippen molar-refractivity contribution in [2.45, 2.75) is 26.4 Å². The maximum Gasteiger partial charge on any atom is 0.278 e. The van der Waals surface area contributed by atoms with Gasteiger partial charge in [-0.15, -0.1) is 0 Å². The average Bonchev–Trinajstić information content (AvgIpc) is 3.00. The van der Waals surface area contributed by atoms with Crippen LogP contribution in [0.4, 0.5) is 0 Å². The van der Waals surface area contributed by atoms with E-state index in [-0.39, 0.29) is 17.9 Å². The minimum absolute atomic E-state index is 0.191. The number of benzene rings is 2. The lowest BCUT2D eigenvalue weighted by atomic mass is 10.0. The number of amides is 2. The third-order valence-electron chi connectivity index (χ3n) is 5.68. The molecular weight excluding hydrogens is 398 g/mol. The smallest absolute Gasteiger partial charge is 0.278 e. The van der Waals surface area contributed by atoms with E-state index in [9.17, 15) is 9.59 Å². The van der Waals surface area contributed by atoms with Crippen LogP contribution in [-0.4, -0.2) is 58.7 Å². The molecule has 2 heterocycles. The zero-order valence-electron chi connectivity index (χ0n) is 17.3. The van der Waals surface area contributed by atoms with Gasteiger partial charge in [0, 0.05) is 43.8 Å². The molecule has 2 aromatic carbocycles. The number of imide groups is 1. The van der Waals surface area contributed by atoms with Crippen molar-refractivity contribution in [1.29, 1.82) is 0 Å². The lowest BCUT2D eigenvalue weighted by molar-refractivity contribution is -0.139.